The Labute approximate surface area is 123 Å². The van der Waals surface area contributed by atoms with Crippen LogP contribution in [0.4, 0.5) is 0 Å². The van der Waals surface area contributed by atoms with Crippen LogP contribution in [0.2, 0.25) is 0 Å². The van der Waals surface area contributed by atoms with Gasteiger partial charge in [0.25, 0.3) is 0 Å². The first kappa shape index (κ1) is 17.3. The van der Waals surface area contributed by atoms with Gasteiger partial charge in [-0.2, -0.15) is 0 Å². The molecule has 2 aromatic rings. The van der Waals surface area contributed by atoms with Crippen LogP contribution in [-0.4, -0.2) is 4.98 Å². The summed E-state index contributed by atoms with van der Waals surface area (Å²) in [7, 11) is 0. The Morgan fingerprint density at radius 2 is 1.79 bits per heavy atom. The van der Waals surface area contributed by atoms with E-state index in [0.717, 1.165) is 5.39 Å². The Bertz CT molecular complexity index is 296. The molecule has 0 aliphatic rings. The first-order valence-electron chi connectivity index (χ1n) is 3.45. The zero-order chi connectivity index (χ0) is 8.81. The second kappa shape index (κ2) is 10.4. The van der Waals surface area contributed by atoms with Gasteiger partial charge in [0.05, 0.1) is 0 Å². The molecule has 0 amide bonds. The predicted octanol–water partition coefficient (Wildman–Crippen LogP) is -3.07. The molecule has 1 heterocycles. The van der Waals surface area contributed by atoms with Gasteiger partial charge in [-0.25, -0.2) is 0 Å². The molecule has 2 rings (SSSR count). The van der Waals surface area contributed by atoms with E-state index in [1.165, 1.54) is 20.2 Å². The molecule has 0 N–H and O–H groups in total. The molecular weight excluding hydrogens is 357 g/mol. The summed E-state index contributed by atoms with van der Waals surface area (Å²) in [5.41, 5.74) is 0. The van der Waals surface area contributed by atoms with Crippen LogP contribution >= 0.6 is 19.8 Å². The van der Waals surface area contributed by atoms with E-state index in [2.05, 4.69) is 30.9 Å². The van der Waals surface area contributed by atoms with Crippen molar-refractivity contribution in [3.05, 3.63) is 42.7 Å². The third-order valence-electron chi connectivity index (χ3n) is 1.47. The average molecular weight is 363 g/mol. The standard InChI is InChI=1S/C9H6N.ClH.HI.Li.Zn/c1-2-4-9-7-10-6-5-8(9)3-1;;;;/h1-6H;2*1H;;/q-1;;;+1;+2/p-2. The van der Waals surface area contributed by atoms with Gasteiger partial charge in [-0.05, 0) is 6.20 Å². The number of halogens is 2. The summed E-state index contributed by atoms with van der Waals surface area (Å²) < 4.78 is 0. The number of fused-ring (bicyclic) bond motifs is 1. The molecule has 1 nitrogen and oxygen atoms in total. The monoisotopic (exact) mass is 361 g/mol. The van der Waals surface area contributed by atoms with Crippen molar-refractivity contribution < 1.29 is 46.1 Å². The molecule has 0 aliphatic heterocycles. The van der Waals surface area contributed by atoms with Gasteiger partial charge in [-0.3, -0.25) is 0 Å². The zero-order valence-corrected chi connectivity index (χ0v) is 13.8. The average Bonchev–Trinajstić information content (AvgIpc) is 2.21. The Balaban J connectivity index is 0. The molecule has 0 aliphatic carbocycles. The van der Waals surface area contributed by atoms with Gasteiger partial charge in [-0.15, -0.1) is 29.0 Å². The third kappa shape index (κ3) is 5.09. The molecule has 0 atom stereocenters. The summed E-state index contributed by atoms with van der Waals surface area (Å²) >= 11 is 3.62. The van der Waals surface area contributed by atoms with Crippen LogP contribution < -0.4 is 31.3 Å². The molecule has 0 fully saturated rings. The maximum absolute atomic E-state index is 3.89. The van der Waals surface area contributed by atoms with Crippen LogP contribution in [0.15, 0.2) is 36.5 Å². The summed E-state index contributed by atoms with van der Waals surface area (Å²) in [5, 5.41) is 2.27. The van der Waals surface area contributed by atoms with E-state index in [-0.39, 0.29) is 31.3 Å². The van der Waals surface area contributed by atoms with Gasteiger partial charge >= 0.3 is 53.4 Å². The molecular formula is C9H6ClILiNZn. The summed E-state index contributed by atoms with van der Waals surface area (Å²) in [4.78, 5) is 3.89. The fourth-order valence-corrected chi connectivity index (χ4v) is 0.969. The van der Waals surface area contributed by atoms with E-state index in [1.807, 2.05) is 30.3 Å². The van der Waals surface area contributed by atoms with Crippen LogP contribution in [0, 0.1) is 6.20 Å². The van der Waals surface area contributed by atoms with Gasteiger partial charge in [0.1, 0.15) is 0 Å². The molecule has 64 valence electrons. The van der Waals surface area contributed by atoms with Gasteiger partial charge in [-0.1, -0.05) is 18.3 Å². The molecule has 0 bridgehead atoms. The van der Waals surface area contributed by atoms with Crippen molar-refractivity contribution in [2.24, 2.45) is 0 Å². The summed E-state index contributed by atoms with van der Waals surface area (Å²) in [6, 6.07) is 10.0. The largest absolute Gasteiger partial charge is 0.360 e. The maximum Gasteiger partial charge on any atom is -0.0396 e. The SMILES string of the molecule is [Cl-].[Li+].[Zn+][I].[c-]1nccc2ccccc12. The minimum atomic E-state index is 0. The van der Waals surface area contributed by atoms with Crippen molar-refractivity contribution in [3.63, 3.8) is 0 Å². The minimum absolute atomic E-state index is 0. The second-order valence-corrected chi connectivity index (χ2v) is 2.14. The van der Waals surface area contributed by atoms with E-state index in [0.29, 0.717) is 0 Å². The smallest absolute Gasteiger partial charge is 0.0396 e. The fraction of sp³-hybridized carbons (Fsp3) is 0. The topological polar surface area (TPSA) is 12.9 Å². The van der Waals surface area contributed by atoms with Crippen LogP contribution in [0.25, 0.3) is 10.8 Å². The quantitative estimate of drug-likeness (QED) is 0.275. The van der Waals surface area contributed by atoms with E-state index < -0.39 is 0 Å². The van der Waals surface area contributed by atoms with Crippen molar-refractivity contribution in [2.75, 3.05) is 0 Å². The number of nitrogens with zero attached hydrogens (tertiary/aromatic N) is 1. The number of pyridine rings is 1. The van der Waals surface area contributed by atoms with Crippen molar-refractivity contribution in [1.82, 2.24) is 4.98 Å². The zero-order valence-electron chi connectivity index (χ0n) is 7.87. The Morgan fingerprint density at radius 1 is 1.14 bits per heavy atom. The molecule has 5 heteroatoms. The molecule has 0 unspecified atom stereocenters. The van der Waals surface area contributed by atoms with Gasteiger partial charge < -0.3 is 17.4 Å². The normalized spacial score (nSPS) is 7.64. The van der Waals surface area contributed by atoms with Crippen molar-refractivity contribution in [1.29, 1.82) is 0 Å². The van der Waals surface area contributed by atoms with Crippen LogP contribution in [0.5, 0.6) is 0 Å². The van der Waals surface area contributed by atoms with Gasteiger partial charge in [0.2, 0.25) is 0 Å². The molecule has 0 saturated heterocycles. The molecule has 0 spiro atoms. The number of hydrogen-bond acceptors (Lipinski definition) is 1. The molecule has 1 aromatic heterocycles. The minimum Gasteiger partial charge on any atom is -0.360 e. The Morgan fingerprint density at radius 3 is 2.43 bits per heavy atom. The molecule has 0 saturated carbocycles. The van der Waals surface area contributed by atoms with Crippen LogP contribution in [0.1, 0.15) is 0 Å². The Kier molecular flexibility index (Phi) is 12.8. The van der Waals surface area contributed by atoms with Crippen molar-refractivity contribution in [3.8, 4) is 0 Å². The molecule has 1 aromatic carbocycles. The van der Waals surface area contributed by atoms with Crippen LogP contribution in [0.3, 0.4) is 0 Å². The van der Waals surface area contributed by atoms with Crippen molar-refractivity contribution in [2.45, 2.75) is 0 Å². The summed E-state index contributed by atoms with van der Waals surface area (Å²) in [5.74, 6) is 0. The van der Waals surface area contributed by atoms with Gasteiger partial charge in [0, 0.05) is 0 Å². The first-order chi connectivity index (χ1) is 5.97. The van der Waals surface area contributed by atoms with E-state index >= 15 is 0 Å². The number of hydrogen-bond donors (Lipinski definition) is 0. The van der Waals surface area contributed by atoms with E-state index in [1.54, 1.807) is 6.20 Å². The maximum atomic E-state index is 3.89. The summed E-state index contributed by atoms with van der Waals surface area (Å²) in [6.45, 7) is 0. The van der Waals surface area contributed by atoms with Gasteiger partial charge in [0.15, 0.2) is 0 Å². The number of benzene rings is 1. The second-order valence-electron chi connectivity index (χ2n) is 2.14. The molecule has 0 radical (unpaired) electrons. The fourth-order valence-electron chi connectivity index (χ4n) is 0.969. The van der Waals surface area contributed by atoms with E-state index in [4.69, 9.17) is 0 Å². The third-order valence-corrected chi connectivity index (χ3v) is 1.47. The first-order valence-corrected chi connectivity index (χ1v) is 12.5. The molecule has 14 heavy (non-hydrogen) atoms. The van der Waals surface area contributed by atoms with Crippen LogP contribution in [-0.2, 0) is 14.8 Å². The number of aromatic nitrogens is 1. The summed E-state index contributed by atoms with van der Waals surface area (Å²) in [6.07, 6.45) is 4.65. The predicted molar refractivity (Wildman–Crippen MR) is 54.6 cm³/mol. The Hall–Kier alpha value is 0.871. The number of rotatable bonds is 0. The van der Waals surface area contributed by atoms with Crippen molar-refractivity contribution >= 4 is 30.5 Å². The van der Waals surface area contributed by atoms with E-state index in [9.17, 15) is 0 Å².